The first-order chi connectivity index (χ1) is 10.3. The van der Waals surface area contributed by atoms with Crippen LogP contribution in [0.2, 0.25) is 0 Å². The minimum absolute atomic E-state index is 0.168. The predicted molar refractivity (Wildman–Crippen MR) is 82.4 cm³/mol. The Morgan fingerprint density at radius 2 is 1.64 bits per heavy atom. The van der Waals surface area contributed by atoms with Crippen molar-refractivity contribution < 1.29 is 17.9 Å². The molecule has 2 aromatic carbocycles. The number of hydrogen-bond donors (Lipinski definition) is 0. The molecule has 5 heteroatoms. The molecule has 0 heterocycles. The lowest BCUT2D eigenvalue weighted by Crippen LogP contribution is -2.12. The Kier molecular flexibility index (Phi) is 4.64. The van der Waals surface area contributed by atoms with Gasteiger partial charge in [0.15, 0.2) is 0 Å². The average molecular weight is 309 g/mol. The van der Waals surface area contributed by atoms with Gasteiger partial charge in [-0.3, -0.25) is 0 Å². The van der Waals surface area contributed by atoms with Crippen LogP contribution in [0.3, 0.4) is 0 Å². The third kappa shape index (κ3) is 3.53. The average Bonchev–Trinajstić information content (AvgIpc) is 2.47. The second kappa shape index (κ2) is 6.30. The van der Waals surface area contributed by atoms with Crippen LogP contribution in [0.4, 0.5) is 18.9 Å². The zero-order chi connectivity index (χ0) is 16.3. The van der Waals surface area contributed by atoms with Crippen molar-refractivity contribution in [3.8, 4) is 16.9 Å². The van der Waals surface area contributed by atoms with Crippen LogP contribution < -0.4 is 9.64 Å². The molecule has 0 saturated carbocycles. The monoisotopic (exact) mass is 309 g/mol. The zero-order valence-corrected chi connectivity index (χ0v) is 12.7. The van der Waals surface area contributed by atoms with E-state index in [1.54, 1.807) is 49.3 Å². The molecule has 0 bridgehead atoms. The fraction of sp³-hybridized carbons (Fsp3) is 0.294. The van der Waals surface area contributed by atoms with E-state index < -0.39 is 11.7 Å². The van der Waals surface area contributed by atoms with Gasteiger partial charge in [0, 0.05) is 19.8 Å². The summed E-state index contributed by atoms with van der Waals surface area (Å²) < 4.78 is 45.3. The first-order valence-electron chi connectivity index (χ1n) is 6.94. The number of alkyl halides is 3. The highest BCUT2D eigenvalue weighted by Crippen LogP contribution is 2.39. The molecule has 0 amide bonds. The third-order valence-corrected chi connectivity index (χ3v) is 3.30. The molecule has 0 unspecified atom stereocenters. The second-order valence-electron chi connectivity index (χ2n) is 5.08. The number of ether oxygens (including phenoxy) is 1. The van der Waals surface area contributed by atoms with Gasteiger partial charge >= 0.3 is 6.18 Å². The maximum absolute atomic E-state index is 13.3. The van der Waals surface area contributed by atoms with Crippen molar-refractivity contribution in [1.29, 1.82) is 0 Å². The van der Waals surface area contributed by atoms with Crippen LogP contribution in [0, 0.1) is 0 Å². The molecule has 22 heavy (non-hydrogen) atoms. The third-order valence-electron chi connectivity index (χ3n) is 3.30. The van der Waals surface area contributed by atoms with E-state index in [-0.39, 0.29) is 5.56 Å². The second-order valence-corrected chi connectivity index (χ2v) is 5.08. The molecule has 0 aliphatic rings. The summed E-state index contributed by atoms with van der Waals surface area (Å²) in [6, 6.07) is 11.0. The highest BCUT2D eigenvalue weighted by molar-refractivity contribution is 5.71. The minimum atomic E-state index is -4.40. The van der Waals surface area contributed by atoms with Crippen LogP contribution in [-0.2, 0) is 6.18 Å². The molecule has 0 N–H and O–H groups in total. The van der Waals surface area contributed by atoms with Crippen molar-refractivity contribution in [1.82, 2.24) is 0 Å². The molecule has 0 radical (unpaired) electrons. The smallest absolute Gasteiger partial charge is 0.417 e. The Morgan fingerprint density at radius 1 is 1.00 bits per heavy atom. The quantitative estimate of drug-likeness (QED) is 0.801. The Hall–Kier alpha value is -2.17. The Morgan fingerprint density at radius 3 is 2.14 bits per heavy atom. The fourth-order valence-corrected chi connectivity index (χ4v) is 2.19. The summed E-state index contributed by atoms with van der Waals surface area (Å²) in [7, 11) is 3.43. The van der Waals surface area contributed by atoms with Gasteiger partial charge in [-0.2, -0.15) is 13.2 Å². The molecular weight excluding hydrogens is 291 g/mol. The Balaban J connectivity index is 2.49. The zero-order valence-electron chi connectivity index (χ0n) is 12.7. The SMILES string of the molecule is CCOc1ccc(-c2ccc(N(C)C)cc2C(F)(F)F)cc1. The van der Waals surface area contributed by atoms with Crippen LogP contribution in [0.1, 0.15) is 12.5 Å². The van der Waals surface area contributed by atoms with E-state index in [4.69, 9.17) is 4.74 Å². The highest BCUT2D eigenvalue weighted by atomic mass is 19.4. The van der Waals surface area contributed by atoms with Gasteiger partial charge in [-0.1, -0.05) is 18.2 Å². The first-order valence-corrected chi connectivity index (χ1v) is 6.94. The van der Waals surface area contributed by atoms with Crippen LogP contribution >= 0.6 is 0 Å². The van der Waals surface area contributed by atoms with E-state index in [1.165, 1.54) is 12.1 Å². The summed E-state index contributed by atoms with van der Waals surface area (Å²) >= 11 is 0. The van der Waals surface area contributed by atoms with Crippen molar-refractivity contribution in [2.24, 2.45) is 0 Å². The van der Waals surface area contributed by atoms with Gasteiger partial charge in [-0.05, 0) is 42.3 Å². The molecule has 2 rings (SSSR count). The van der Waals surface area contributed by atoms with E-state index in [2.05, 4.69) is 0 Å². The largest absolute Gasteiger partial charge is 0.494 e. The number of benzene rings is 2. The summed E-state index contributed by atoms with van der Waals surface area (Å²) in [4.78, 5) is 1.65. The van der Waals surface area contributed by atoms with Gasteiger partial charge in [0.05, 0.1) is 12.2 Å². The summed E-state index contributed by atoms with van der Waals surface area (Å²) in [6.07, 6.45) is -4.40. The van der Waals surface area contributed by atoms with Crippen molar-refractivity contribution in [3.63, 3.8) is 0 Å². The number of nitrogens with zero attached hydrogens (tertiary/aromatic N) is 1. The van der Waals surface area contributed by atoms with Crippen LogP contribution in [-0.4, -0.2) is 20.7 Å². The lowest BCUT2D eigenvalue weighted by atomic mass is 9.98. The maximum Gasteiger partial charge on any atom is 0.417 e. The van der Waals surface area contributed by atoms with Crippen molar-refractivity contribution in [3.05, 3.63) is 48.0 Å². The normalized spacial score (nSPS) is 11.4. The van der Waals surface area contributed by atoms with E-state index in [0.29, 0.717) is 23.6 Å². The van der Waals surface area contributed by atoms with Crippen molar-refractivity contribution >= 4 is 5.69 Å². The summed E-state index contributed by atoms with van der Waals surface area (Å²) in [5.41, 5.74) is 0.562. The van der Waals surface area contributed by atoms with Gasteiger partial charge in [0.25, 0.3) is 0 Å². The van der Waals surface area contributed by atoms with Gasteiger partial charge in [-0.25, -0.2) is 0 Å². The van der Waals surface area contributed by atoms with E-state index in [0.717, 1.165) is 0 Å². The van der Waals surface area contributed by atoms with E-state index >= 15 is 0 Å². The molecule has 0 fully saturated rings. The number of halogens is 3. The minimum Gasteiger partial charge on any atom is -0.494 e. The van der Waals surface area contributed by atoms with E-state index in [9.17, 15) is 13.2 Å². The Bertz CT molecular complexity index is 633. The van der Waals surface area contributed by atoms with Gasteiger partial charge in [0.2, 0.25) is 0 Å². The van der Waals surface area contributed by atoms with Crippen LogP contribution in [0.5, 0.6) is 5.75 Å². The molecular formula is C17H18F3NO. The molecule has 0 aromatic heterocycles. The molecule has 0 spiro atoms. The fourth-order valence-electron chi connectivity index (χ4n) is 2.19. The lowest BCUT2D eigenvalue weighted by Gasteiger charge is -2.18. The summed E-state index contributed by atoms with van der Waals surface area (Å²) in [5, 5.41) is 0. The molecule has 0 saturated heterocycles. The van der Waals surface area contributed by atoms with Gasteiger partial charge in [-0.15, -0.1) is 0 Å². The summed E-state index contributed by atoms with van der Waals surface area (Å²) in [5.74, 6) is 0.643. The standard InChI is InChI=1S/C17H18F3NO/c1-4-22-14-8-5-12(6-9-14)15-10-7-13(21(2)3)11-16(15)17(18,19)20/h5-11H,4H2,1-3H3. The summed E-state index contributed by atoms with van der Waals surface area (Å²) in [6.45, 7) is 2.38. The van der Waals surface area contributed by atoms with E-state index in [1.807, 2.05) is 6.92 Å². The first kappa shape index (κ1) is 16.2. The lowest BCUT2D eigenvalue weighted by molar-refractivity contribution is -0.137. The molecule has 0 aliphatic heterocycles. The topological polar surface area (TPSA) is 12.5 Å². The highest BCUT2D eigenvalue weighted by Gasteiger charge is 2.34. The molecule has 0 aliphatic carbocycles. The molecule has 2 nitrogen and oxygen atoms in total. The van der Waals surface area contributed by atoms with Gasteiger partial charge < -0.3 is 9.64 Å². The van der Waals surface area contributed by atoms with Crippen molar-refractivity contribution in [2.75, 3.05) is 25.6 Å². The maximum atomic E-state index is 13.3. The number of anilines is 1. The predicted octanol–water partition coefficient (Wildman–Crippen LogP) is 4.84. The number of rotatable bonds is 4. The molecule has 0 atom stereocenters. The van der Waals surface area contributed by atoms with Gasteiger partial charge in [0.1, 0.15) is 5.75 Å². The van der Waals surface area contributed by atoms with Crippen LogP contribution in [0.25, 0.3) is 11.1 Å². The Labute approximate surface area is 128 Å². The van der Waals surface area contributed by atoms with Crippen LogP contribution in [0.15, 0.2) is 42.5 Å². The molecule has 2 aromatic rings. The number of hydrogen-bond acceptors (Lipinski definition) is 2. The van der Waals surface area contributed by atoms with Crippen molar-refractivity contribution in [2.45, 2.75) is 13.1 Å². The molecule has 118 valence electrons.